The molecule has 0 radical (unpaired) electrons. The summed E-state index contributed by atoms with van der Waals surface area (Å²) >= 11 is 5.83. The van der Waals surface area contributed by atoms with Gasteiger partial charge in [-0.05, 0) is 31.0 Å². The van der Waals surface area contributed by atoms with E-state index in [1.807, 2.05) is 12.2 Å². The second-order valence-corrected chi connectivity index (χ2v) is 6.89. The number of allylic oxidation sites excluding steroid dienone is 2. The summed E-state index contributed by atoms with van der Waals surface area (Å²) in [6.45, 7) is -0.484. The SMILES string of the molecule is O=C(COC(=O)CCN1C(=O)[C@H]2CC=CC[C@H]2C1=O)Nc1cccc(Cl)c1. The average molecular weight is 391 g/mol. The van der Waals surface area contributed by atoms with Crippen LogP contribution in [0.4, 0.5) is 5.69 Å². The van der Waals surface area contributed by atoms with Crippen molar-refractivity contribution in [3.8, 4) is 0 Å². The molecule has 0 bridgehead atoms. The lowest BCUT2D eigenvalue weighted by molar-refractivity contribution is -0.148. The summed E-state index contributed by atoms with van der Waals surface area (Å²) in [4.78, 5) is 49.4. The van der Waals surface area contributed by atoms with Crippen molar-refractivity contribution in [1.82, 2.24) is 4.90 Å². The fraction of sp³-hybridized carbons (Fsp3) is 0.368. The Morgan fingerprint density at radius 1 is 1.15 bits per heavy atom. The van der Waals surface area contributed by atoms with Crippen LogP contribution in [0.15, 0.2) is 36.4 Å². The highest BCUT2D eigenvalue weighted by Gasteiger charge is 2.46. The Morgan fingerprint density at radius 2 is 1.81 bits per heavy atom. The van der Waals surface area contributed by atoms with Gasteiger partial charge in [0.25, 0.3) is 5.91 Å². The number of imide groups is 1. The number of carbonyl (C=O) groups is 4. The van der Waals surface area contributed by atoms with Gasteiger partial charge in [0.15, 0.2) is 6.61 Å². The van der Waals surface area contributed by atoms with Gasteiger partial charge in [-0.15, -0.1) is 0 Å². The summed E-state index contributed by atoms with van der Waals surface area (Å²) in [6, 6.07) is 6.58. The zero-order valence-electron chi connectivity index (χ0n) is 14.5. The Labute approximate surface area is 161 Å². The molecule has 1 saturated heterocycles. The van der Waals surface area contributed by atoms with Crippen molar-refractivity contribution >= 4 is 41.0 Å². The number of hydrogen-bond acceptors (Lipinski definition) is 5. The second-order valence-electron chi connectivity index (χ2n) is 6.45. The van der Waals surface area contributed by atoms with Crippen LogP contribution in [0.5, 0.6) is 0 Å². The minimum Gasteiger partial charge on any atom is -0.456 e. The first-order valence-electron chi connectivity index (χ1n) is 8.67. The summed E-state index contributed by atoms with van der Waals surface area (Å²) < 4.78 is 4.91. The van der Waals surface area contributed by atoms with Crippen molar-refractivity contribution in [3.05, 3.63) is 41.4 Å². The predicted octanol–water partition coefficient (Wildman–Crippen LogP) is 2.16. The van der Waals surface area contributed by atoms with Crippen LogP contribution in [0, 0.1) is 11.8 Å². The second kappa shape index (κ2) is 8.35. The van der Waals surface area contributed by atoms with Crippen LogP contribution < -0.4 is 5.32 Å². The number of rotatable bonds is 6. The number of fused-ring (bicyclic) bond motifs is 1. The molecule has 27 heavy (non-hydrogen) atoms. The maximum atomic E-state index is 12.3. The van der Waals surface area contributed by atoms with Crippen molar-refractivity contribution in [3.63, 3.8) is 0 Å². The Morgan fingerprint density at radius 3 is 2.44 bits per heavy atom. The molecule has 8 heteroatoms. The number of carbonyl (C=O) groups excluding carboxylic acids is 4. The number of nitrogens with zero attached hydrogens (tertiary/aromatic N) is 1. The van der Waals surface area contributed by atoms with Gasteiger partial charge in [0, 0.05) is 17.3 Å². The molecule has 0 aromatic heterocycles. The van der Waals surface area contributed by atoms with E-state index in [4.69, 9.17) is 16.3 Å². The first-order valence-corrected chi connectivity index (χ1v) is 9.05. The van der Waals surface area contributed by atoms with Gasteiger partial charge in [-0.2, -0.15) is 0 Å². The quantitative estimate of drug-likeness (QED) is 0.456. The van der Waals surface area contributed by atoms with E-state index in [0.29, 0.717) is 23.6 Å². The number of halogens is 1. The average Bonchev–Trinajstić information content (AvgIpc) is 2.89. The molecule has 3 rings (SSSR count). The van der Waals surface area contributed by atoms with Crippen molar-refractivity contribution in [2.45, 2.75) is 19.3 Å². The summed E-state index contributed by atoms with van der Waals surface area (Å²) in [5, 5.41) is 3.03. The smallest absolute Gasteiger partial charge is 0.308 e. The Kier molecular flexibility index (Phi) is 5.91. The fourth-order valence-corrected chi connectivity index (χ4v) is 3.46. The zero-order chi connectivity index (χ0) is 19.4. The summed E-state index contributed by atoms with van der Waals surface area (Å²) in [6.07, 6.45) is 4.78. The predicted molar refractivity (Wildman–Crippen MR) is 97.7 cm³/mol. The summed E-state index contributed by atoms with van der Waals surface area (Å²) in [5.74, 6) is -2.26. The minimum absolute atomic E-state index is 0.0284. The van der Waals surface area contributed by atoms with Gasteiger partial charge in [-0.1, -0.05) is 29.8 Å². The van der Waals surface area contributed by atoms with E-state index in [-0.39, 0.29) is 36.6 Å². The maximum absolute atomic E-state index is 12.3. The van der Waals surface area contributed by atoms with Crippen LogP contribution in [0.25, 0.3) is 0 Å². The van der Waals surface area contributed by atoms with Gasteiger partial charge < -0.3 is 10.1 Å². The molecule has 7 nitrogen and oxygen atoms in total. The van der Waals surface area contributed by atoms with E-state index in [9.17, 15) is 19.2 Å². The van der Waals surface area contributed by atoms with Gasteiger partial charge in [-0.3, -0.25) is 24.1 Å². The van der Waals surface area contributed by atoms with Gasteiger partial charge in [-0.25, -0.2) is 0 Å². The lowest BCUT2D eigenvalue weighted by atomic mass is 9.85. The summed E-state index contributed by atoms with van der Waals surface area (Å²) in [5.41, 5.74) is 0.494. The molecule has 142 valence electrons. The molecule has 2 aliphatic rings. The molecule has 3 amide bonds. The third-order valence-corrected chi connectivity index (χ3v) is 4.85. The first-order chi connectivity index (χ1) is 13.0. The van der Waals surface area contributed by atoms with Crippen molar-refractivity contribution < 1.29 is 23.9 Å². The molecule has 1 fully saturated rings. The standard InChI is InChI=1S/C19H19ClN2O5/c20-12-4-3-5-13(10-12)21-16(23)11-27-17(24)8-9-22-18(25)14-6-1-2-7-15(14)19(22)26/h1-5,10,14-15H,6-9,11H2,(H,21,23)/t14-,15+. The van der Waals surface area contributed by atoms with Crippen LogP contribution in [0.3, 0.4) is 0 Å². The molecular weight excluding hydrogens is 372 g/mol. The van der Waals surface area contributed by atoms with Gasteiger partial charge in [0.1, 0.15) is 0 Å². The number of ether oxygens (including phenoxy) is 1. The van der Waals surface area contributed by atoms with E-state index in [1.54, 1.807) is 24.3 Å². The molecule has 2 atom stereocenters. The van der Waals surface area contributed by atoms with Gasteiger partial charge in [0.2, 0.25) is 11.8 Å². The third-order valence-electron chi connectivity index (χ3n) is 4.61. The molecule has 0 saturated carbocycles. The number of anilines is 1. The normalized spacial score (nSPS) is 21.1. The Hall–Kier alpha value is -2.67. The summed E-state index contributed by atoms with van der Waals surface area (Å²) in [7, 11) is 0. The van der Waals surface area contributed by atoms with Crippen LogP contribution in [0.1, 0.15) is 19.3 Å². The van der Waals surface area contributed by atoms with E-state index in [2.05, 4.69) is 5.32 Å². The van der Waals surface area contributed by atoms with Crippen LogP contribution in [-0.4, -0.2) is 41.7 Å². The third kappa shape index (κ3) is 4.54. The molecule has 1 heterocycles. The number of esters is 1. The largest absolute Gasteiger partial charge is 0.456 e. The molecular formula is C19H19ClN2O5. The van der Waals surface area contributed by atoms with Gasteiger partial charge in [0.05, 0.1) is 18.3 Å². The number of hydrogen-bond donors (Lipinski definition) is 1. The van der Waals surface area contributed by atoms with E-state index in [1.165, 1.54) is 0 Å². The highest BCUT2D eigenvalue weighted by atomic mass is 35.5. The highest BCUT2D eigenvalue weighted by molar-refractivity contribution is 6.30. The maximum Gasteiger partial charge on any atom is 0.308 e. The van der Waals surface area contributed by atoms with Crippen LogP contribution in [-0.2, 0) is 23.9 Å². The first kappa shape index (κ1) is 19.1. The number of amides is 3. The lowest BCUT2D eigenvalue weighted by Gasteiger charge is -2.14. The monoisotopic (exact) mass is 390 g/mol. The van der Waals surface area contributed by atoms with Gasteiger partial charge >= 0.3 is 5.97 Å². The number of likely N-dealkylation sites (tertiary alicyclic amines) is 1. The molecule has 1 aliphatic heterocycles. The minimum atomic E-state index is -0.648. The molecule has 1 aromatic carbocycles. The molecule has 0 unspecified atom stereocenters. The molecule has 1 aliphatic carbocycles. The van der Waals surface area contributed by atoms with Crippen LogP contribution in [0.2, 0.25) is 5.02 Å². The van der Waals surface area contributed by atoms with Crippen molar-refractivity contribution in [1.29, 1.82) is 0 Å². The van der Waals surface area contributed by atoms with Crippen LogP contribution >= 0.6 is 11.6 Å². The fourth-order valence-electron chi connectivity index (χ4n) is 3.27. The Bertz CT molecular complexity index is 781. The topological polar surface area (TPSA) is 92.8 Å². The zero-order valence-corrected chi connectivity index (χ0v) is 15.3. The van der Waals surface area contributed by atoms with Crippen molar-refractivity contribution in [2.75, 3.05) is 18.5 Å². The lowest BCUT2D eigenvalue weighted by Crippen LogP contribution is -2.33. The van der Waals surface area contributed by atoms with E-state index < -0.39 is 18.5 Å². The van der Waals surface area contributed by atoms with Crippen molar-refractivity contribution in [2.24, 2.45) is 11.8 Å². The molecule has 1 N–H and O–H groups in total. The number of nitrogens with one attached hydrogen (secondary N) is 1. The van der Waals surface area contributed by atoms with E-state index >= 15 is 0 Å². The van der Waals surface area contributed by atoms with E-state index in [0.717, 1.165) is 4.90 Å². The molecule has 1 aromatic rings. The highest BCUT2D eigenvalue weighted by Crippen LogP contribution is 2.34. The number of benzene rings is 1. The molecule has 0 spiro atoms. The Balaban J connectivity index is 1.43.